The van der Waals surface area contributed by atoms with Crippen LogP contribution in [0.5, 0.6) is 0 Å². The molecule has 3 nitrogen and oxygen atoms in total. The first-order valence-corrected chi connectivity index (χ1v) is 6.83. The van der Waals surface area contributed by atoms with Gasteiger partial charge in [0.15, 0.2) is 0 Å². The minimum Gasteiger partial charge on any atom is -0.345 e. The van der Waals surface area contributed by atoms with Gasteiger partial charge in [-0.1, -0.05) is 44.2 Å². The summed E-state index contributed by atoms with van der Waals surface area (Å²) in [5.74, 6) is -0.632. The smallest absolute Gasteiger partial charge is 0.292 e. The highest BCUT2D eigenvalue weighted by Crippen LogP contribution is 2.15. The monoisotopic (exact) mass is 273 g/mol. The third-order valence-corrected chi connectivity index (χ3v) is 2.74. The summed E-state index contributed by atoms with van der Waals surface area (Å²) in [6.07, 6.45) is 2.97. The van der Waals surface area contributed by atoms with Gasteiger partial charge in [-0.2, -0.15) is 0 Å². The Morgan fingerprint density at radius 3 is 2.10 bits per heavy atom. The Morgan fingerprint density at radius 1 is 1.10 bits per heavy atom. The van der Waals surface area contributed by atoms with Crippen LogP contribution < -0.4 is 5.32 Å². The molecule has 1 aromatic carbocycles. The number of hydrogen-bond acceptors (Lipinski definition) is 2. The van der Waals surface area contributed by atoms with Crippen molar-refractivity contribution in [3.63, 3.8) is 0 Å². The summed E-state index contributed by atoms with van der Waals surface area (Å²) < 4.78 is 0. The van der Waals surface area contributed by atoms with E-state index in [1.807, 2.05) is 45.0 Å². The highest BCUT2D eigenvalue weighted by Gasteiger charge is 2.17. The van der Waals surface area contributed by atoms with Crippen LogP contribution in [0.15, 0.2) is 30.3 Å². The molecule has 0 fully saturated rings. The van der Waals surface area contributed by atoms with Gasteiger partial charge in [0.2, 0.25) is 5.78 Å². The third kappa shape index (κ3) is 5.39. The second kappa shape index (κ2) is 6.51. The maximum Gasteiger partial charge on any atom is 0.292 e. The summed E-state index contributed by atoms with van der Waals surface area (Å²) in [6, 6.07) is 7.95. The SMILES string of the molecule is CC(C)c1ccc(/C=C/C(=O)C(=O)NC(C)(C)C)cc1. The van der Waals surface area contributed by atoms with Crippen LogP contribution in [0.25, 0.3) is 6.08 Å². The van der Waals surface area contributed by atoms with Crippen molar-refractivity contribution in [2.45, 2.75) is 46.1 Å². The zero-order valence-corrected chi connectivity index (χ0v) is 12.9. The average Bonchev–Trinajstić information content (AvgIpc) is 2.34. The van der Waals surface area contributed by atoms with Gasteiger partial charge in [-0.15, -0.1) is 0 Å². The molecule has 0 aliphatic heterocycles. The highest BCUT2D eigenvalue weighted by molar-refractivity contribution is 6.41. The van der Waals surface area contributed by atoms with Crippen LogP contribution in [-0.2, 0) is 9.59 Å². The van der Waals surface area contributed by atoms with Crippen molar-refractivity contribution in [3.8, 4) is 0 Å². The van der Waals surface area contributed by atoms with Gasteiger partial charge in [-0.05, 0) is 43.9 Å². The maximum absolute atomic E-state index is 11.7. The topological polar surface area (TPSA) is 46.2 Å². The number of carbonyl (C=O) groups is 2. The molecule has 0 bridgehead atoms. The molecule has 0 saturated heterocycles. The van der Waals surface area contributed by atoms with Gasteiger partial charge >= 0.3 is 0 Å². The molecule has 0 atom stereocenters. The highest BCUT2D eigenvalue weighted by atomic mass is 16.2. The molecule has 20 heavy (non-hydrogen) atoms. The van der Waals surface area contributed by atoms with Gasteiger partial charge in [0.1, 0.15) is 0 Å². The first kappa shape index (κ1) is 16.2. The van der Waals surface area contributed by atoms with Gasteiger partial charge in [-0.25, -0.2) is 0 Å². The number of carbonyl (C=O) groups excluding carboxylic acids is 2. The van der Waals surface area contributed by atoms with Crippen molar-refractivity contribution in [1.82, 2.24) is 5.32 Å². The van der Waals surface area contributed by atoms with E-state index < -0.39 is 17.2 Å². The quantitative estimate of drug-likeness (QED) is 0.676. The van der Waals surface area contributed by atoms with E-state index in [-0.39, 0.29) is 0 Å². The maximum atomic E-state index is 11.7. The molecule has 0 aromatic heterocycles. The van der Waals surface area contributed by atoms with Crippen molar-refractivity contribution < 1.29 is 9.59 Å². The van der Waals surface area contributed by atoms with E-state index in [0.717, 1.165) is 5.56 Å². The average molecular weight is 273 g/mol. The van der Waals surface area contributed by atoms with Crippen molar-refractivity contribution in [1.29, 1.82) is 0 Å². The van der Waals surface area contributed by atoms with Crippen LogP contribution in [0.3, 0.4) is 0 Å². The van der Waals surface area contributed by atoms with Crippen LogP contribution in [0, 0.1) is 0 Å². The summed E-state index contributed by atoms with van der Waals surface area (Å²) >= 11 is 0. The van der Waals surface area contributed by atoms with Crippen LogP contribution in [-0.4, -0.2) is 17.2 Å². The Morgan fingerprint density at radius 2 is 1.65 bits per heavy atom. The molecule has 1 N–H and O–H groups in total. The largest absolute Gasteiger partial charge is 0.345 e. The van der Waals surface area contributed by atoms with E-state index in [1.165, 1.54) is 11.6 Å². The first-order chi connectivity index (χ1) is 9.19. The Balaban J connectivity index is 2.68. The van der Waals surface area contributed by atoms with E-state index in [9.17, 15) is 9.59 Å². The number of benzene rings is 1. The molecule has 0 spiro atoms. The van der Waals surface area contributed by atoms with E-state index in [1.54, 1.807) is 6.08 Å². The molecule has 1 amide bonds. The fourth-order valence-electron chi connectivity index (χ4n) is 1.64. The molecule has 0 heterocycles. The number of nitrogens with one attached hydrogen (secondary N) is 1. The minimum atomic E-state index is -0.576. The second-order valence-corrected chi connectivity index (χ2v) is 6.22. The first-order valence-electron chi connectivity index (χ1n) is 6.83. The van der Waals surface area contributed by atoms with Crippen molar-refractivity contribution >= 4 is 17.8 Å². The Kier molecular flexibility index (Phi) is 5.26. The number of ketones is 1. The predicted molar refractivity (Wildman–Crippen MR) is 82.5 cm³/mol. The molecular weight excluding hydrogens is 250 g/mol. The normalized spacial score (nSPS) is 11.9. The molecule has 3 heteroatoms. The van der Waals surface area contributed by atoms with Crippen LogP contribution in [0.4, 0.5) is 0 Å². The summed E-state index contributed by atoms with van der Waals surface area (Å²) in [4.78, 5) is 23.3. The summed E-state index contributed by atoms with van der Waals surface area (Å²) in [7, 11) is 0. The van der Waals surface area contributed by atoms with Crippen molar-refractivity contribution in [3.05, 3.63) is 41.5 Å². The molecule has 108 valence electrons. The van der Waals surface area contributed by atoms with Gasteiger partial charge < -0.3 is 5.32 Å². The lowest BCUT2D eigenvalue weighted by atomic mass is 10.0. The Hall–Kier alpha value is -1.90. The molecule has 0 aliphatic rings. The number of rotatable bonds is 4. The van der Waals surface area contributed by atoms with Gasteiger partial charge in [0.25, 0.3) is 5.91 Å². The van der Waals surface area contributed by atoms with Crippen LogP contribution in [0.1, 0.15) is 51.7 Å². The van der Waals surface area contributed by atoms with Gasteiger partial charge in [0, 0.05) is 5.54 Å². The van der Waals surface area contributed by atoms with Crippen molar-refractivity contribution in [2.24, 2.45) is 0 Å². The van der Waals surface area contributed by atoms with Crippen LogP contribution in [0.2, 0.25) is 0 Å². The summed E-state index contributed by atoms with van der Waals surface area (Å²) in [5.41, 5.74) is 1.75. The summed E-state index contributed by atoms with van der Waals surface area (Å²) in [6.45, 7) is 9.78. The third-order valence-electron chi connectivity index (χ3n) is 2.74. The molecular formula is C17H23NO2. The second-order valence-electron chi connectivity index (χ2n) is 6.22. The molecule has 1 aromatic rings. The fourth-order valence-corrected chi connectivity index (χ4v) is 1.64. The Labute approximate surface area is 121 Å². The van der Waals surface area contributed by atoms with Crippen LogP contribution >= 0.6 is 0 Å². The van der Waals surface area contributed by atoms with Crippen molar-refractivity contribution in [2.75, 3.05) is 0 Å². The van der Waals surface area contributed by atoms with Gasteiger partial charge in [0.05, 0.1) is 0 Å². The zero-order chi connectivity index (χ0) is 15.3. The molecule has 0 radical (unpaired) electrons. The van der Waals surface area contributed by atoms with E-state index >= 15 is 0 Å². The molecule has 0 aliphatic carbocycles. The van der Waals surface area contributed by atoms with E-state index in [4.69, 9.17) is 0 Å². The lowest BCUT2D eigenvalue weighted by Crippen LogP contribution is -2.43. The lowest BCUT2D eigenvalue weighted by molar-refractivity contribution is -0.136. The predicted octanol–water partition coefficient (Wildman–Crippen LogP) is 3.31. The number of amides is 1. The van der Waals surface area contributed by atoms with E-state index in [2.05, 4.69) is 19.2 Å². The standard InChI is InChI=1S/C17H23NO2/c1-12(2)14-9-6-13(7-10-14)8-11-15(19)16(20)18-17(3,4)5/h6-12H,1-5H3,(H,18,20)/b11-8+. The van der Waals surface area contributed by atoms with E-state index in [0.29, 0.717) is 5.92 Å². The fraction of sp³-hybridized carbons (Fsp3) is 0.412. The molecule has 0 unspecified atom stereocenters. The molecule has 0 saturated carbocycles. The summed E-state index contributed by atoms with van der Waals surface area (Å²) in [5, 5.41) is 2.64. The molecule has 1 rings (SSSR count). The zero-order valence-electron chi connectivity index (χ0n) is 12.9. The lowest BCUT2D eigenvalue weighted by Gasteiger charge is -2.19. The number of hydrogen-bond donors (Lipinski definition) is 1. The minimum absolute atomic E-state index is 0.403. The Bertz CT molecular complexity index is 505. The van der Waals surface area contributed by atoms with Gasteiger partial charge in [-0.3, -0.25) is 9.59 Å².